The molecule has 1 amide bonds. The molecule has 2 saturated heterocycles. The SMILES string of the molecule is CCCNC(=O)[C@@H]1C[C@@H]2CC3(CC[C@H]2N(C)C1)OCCO3. The molecule has 2 heterocycles. The maximum atomic E-state index is 12.3. The number of fused-ring (bicyclic) bond motifs is 1. The molecule has 0 aromatic carbocycles. The minimum absolute atomic E-state index is 0.111. The van der Waals surface area contributed by atoms with Gasteiger partial charge in [0.05, 0.1) is 19.1 Å². The Labute approximate surface area is 127 Å². The van der Waals surface area contributed by atoms with Crippen LogP contribution in [0.5, 0.6) is 0 Å². The second kappa shape index (κ2) is 6.23. The second-order valence-corrected chi connectivity index (χ2v) is 6.84. The summed E-state index contributed by atoms with van der Waals surface area (Å²) >= 11 is 0. The van der Waals surface area contributed by atoms with Crippen LogP contribution in [-0.2, 0) is 14.3 Å². The number of hydrogen-bond acceptors (Lipinski definition) is 4. The summed E-state index contributed by atoms with van der Waals surface area (Å²) in [5.74, 6) is 0.492. The van der Waals surface area contributed by atoms with Crippen molar-refractivity contribution in [3.05, 3.63) is 0 Å². The Morgan fingerprint density at radius 3 is 2.86 bits per heavy atom. The summed E-state index contributed by atoms with van der Waals surface area (Å²) in [5.41, 5.74) is 0. The molecule has 3 fully saturated rings. The number of carbonyl (C=O) groups is 1. The van der Waals surface area contributed by atoms with Gasteiger partial charge in [-0.1, -0.05) is 6.92 Å². The number of carbonyl (C=O) groups excluding carboxylic acids is 1. The molecule has 21 heavy (non-hydrogen) atoms. The van der Waals surface area contributed by atoms with Crippen molar-refractivity contribution in [3.63, 3.8) is 0 Å². The normalized spacial score (nSPS) is 35.6. The Kier molecular flexibility index (Phi) is 4.52. The van der Waals surface area contributed by atoms with Crippen LogP contribution < -0.4 is 5.32 Å². The molecule has 1 spiro atoms. The van der Waals surface area contributed by atoms with Crippen LogP contribution in [0.25, 0.3) is 0 Å². The highest BCUT2D eigenvalue weighted by molar-refractivity contribution is 5.79. The molecule has 0 bridgehead atoms. The lowest BCUT2D eigenvalue weighted by molar-refractivity contribution is -0.202. The fraction of sp³-hybridized carbons (Fsp3) is 0.938. The van der Waals surface area contributed by atoms with E-state index in [9.17, 15) is 4.79 Å². The van der Waals surface area contributed by atoms with Gasteiger partial charge in [-0.2, -0.15) is 0 Å². The van der Waals surface area contributed by atoms with Gasteiger partial charge in [0.2, 0.25) is 5.91 Å². The first-order chi connectivity index (χ1) is 10.1. The van der Waals surface area contributed by atoms with E-state index in [1.807, 2.05) is 0 Å². The zero-order valence-corrected chi connectivity index (χ0v) is 13.3. The van der Waals surface area contributed by atoms with E-state index in [-0.39, 0.29) is 17.6 Å². The van der Waals surface area contributed by atoms with Crippen LogP contribution in [0.1, 0.15) is 39.0 Å². The summed E-state index contributed by atoms with van der Waals surface area (Å²) in [6, 6.07) is 0.582. The first-order valence-corrected chi connectivity index (χ1v) is 8.39. The van der Waals surface area contributed by atoms with E-state index in [4.69, 9.17) is 9.47 Å². The number of amides is 1. The van der Waals surface area contributed by atoms with E-state index in [2.05, 4.69) is 24.2 Å². The summed E-state index contributed by atoms with van der Waals surface area (Å²) in [5, 5.41) is 3.05. The van der Waals surface area contributed by atoms with Gasteiger partial charge in [0.15, 0.2) is 5.79 Å². The van der Waals surface area contributed by atoms with Crippen molar-refractivity contribution >= 4 is 5.91 Å². The van der Waals surface area contributed by atoms with E-state index >= 15 is 0 Å². The van der Waals surface area contributed by atoms with E-state index in [1.54, 1.807) is 0 Å². The smallest absolute Gasteiger partial charge is 0.224 e. The van der Waals surface area contributed by atoms with Crippen molar-refractivity contribution in [2.24, 2.45) is 11.8 Å². The Morgan fingerprint density at radius 2 is 2.14 bits per heavy atom. The maximum Gasteiger partial charge on any atom is 0.224 e. The Morgan fingerprint density at radius 1 is 1.38 bits per heavy atom. The third-order valence-corrected chi connectivity index (χ3v) is 5.33. The second-order valence-electron chi connectivity index (χ2n) is 6.84. The van der Waals surface area contributed by atoms with Crippen molar-refractivity contribution in [1.82, 2.24) is 10.2 Å². The van der Waals surface area contributed by atoms with Gasteiger partial charge in [-0.25, -0.2) is 0 Å². The molecule has 0 aromatic heterocycles. The number of nitrogens with one attached hydrogen (secondary N) is 1. The van der Waals surface area contributed by atoms with Crippen molar-refractivity contribution in [2.45, 2.75) is 50.9 Å². The van der Waals surface area contributed by atoms with Crippen LogP contribution >= 0.6 is 0 Å². The lowest BCUT2D eigenvalue weighted by Crippen LogP contribution is -2.55. The Balaban J connectivity index is 1.64. The van der Waals surface area contributed by atoms with Gasteiger partial charge >= 0.3 is 0 Å². The third kappa shape index (κ3) is 3.10. The van der Waals surface area contributed by atoms with Crippen LogP contribution in [0.15, 0.2) is 0 Å². The highest BCUT2D eigenvalue weighted by atomic mass is 16.7. The molecular formula is C16H28N2O3. The molecule has 5 heteroatoms. The number of nitrogens with zero attached hydrogens (tertiary/aromatic N) is 1. The van der Waals surface area contributed by atoms with Crippen LogP contribution in [0, 0.1) is 11.8 Å². The van der Waals surface area contributed by atoms with Gasteiger partial charge in [0, 0.05) is 32.0 Å². The summed E-state index contributed by atoms with van der Waals surface area (Å²) in [7, 11) is 2.16. The van der Waals surface area contributed by atoms with Gasteiger partial charge in [-0.05, 0) is 32.2 Å². The van der Waals surface area contributed by atoms with Crippen molar-refractivity contribution in [1.29, 1.82) is 0 Å². The minimum atomic E-state index is -0.343. The highest BCUT2D eigenvalue weighted by Gasteiger charge is 2.49. The number of hydrogen-bond donors (Lipinski definition) is 1. The highest BCUT2D eigenvalue weighted by Crippen LogP contribution is 2.44. The van der Waals surface area contributed by atoms with E-state index in [0.29, 0.717) is 25.2 Å². The zero-order chi connectivity index (χ0) is 14.9. The fourth-order valence-corrected chi connectivity index (χ4v) is 4.33. The molecule has 3 atom stereocenters. The predicted molar refractivity (Wildman–Crippen MR) is 79.8 cm³/mol. The van der Waals surface area contributed by atoms with Crippen molar-refractivity contribution in [2.75, 3.05) is 33.4 Å². The summed E-state index contributed by atoms with van der Waals surface area (Å²) in [4.78, 5) is 14.7. The quantitative estimate of drug-likeness (QED) is 0.855. The van der Waals surface area contributed by atoms with Crippen LogP contribution in [0.4, 0.5) is 0 Å². The molecule has 1 N–H and O–H groups in total. The van der Waals surface area contributed by atoms with Crippen LogP contribution in [0.3, 0.4) is 0 Å². The third-order valence-electron chi connectivity index (χ3n) is 5.33. The molecular weight excluding hydrogens is 268 g/mol. The van der Waals surface area contributed by atoms with E-state index in [1.165, 1.54) is 0 Å². The molecule has 2 aliphatic heterocycles. The molecule has 3 rings (SSSR count). The predicted octanol–water partition coefficient (Wildman–Crippen LogP) is 1.38. The van der Waals surface area contributed by atoms with Gasteiger partial charge < -0.3 is 19.7 Å². The average Bonchev–Trinajstić information content (AvgIpc) is 2.92. The molecule has 0 unspecified atom stereocenters. The number of ether oxygens (including phenoxy) is 2. The first-order valence-electron chi connectivity index (χ1n) is 8.39. The molecule has 0 radical (unpaired) electrons. The summed E-state index contributed by atoms with van der Waals surface area (Å²) in [6.07, 6.45) is 5.01. The van der Waals surface area contributed by atoms with Crippen LogP contribution in [-0.4, -0.2) is 56.0 Å². The Hall–Kier alpha value is -0.650. The number of piperidine rings is 1. The lowest BCUT2D eigenvalue weighted by atomic mass is 9.72. The Bertz CT molecular complexity index is 382. The standard InChI is InChI=1S/C16H28N2O3/c1-3-6-17-15(19)13-9-12-10-16(20-7-8-21-16)5-4-14(12)18(2)11-13/h12-14H,3-11H2,1-2H3,(H,17,19)/t12-,13-,14-/m1/s1. The maximum absolute atomic E-state index is 12.3. The molecule has 120 valence electrons. The van der Waals surface area contributed by atoms with E-state index in [0.717, 1.165) is 45.2 Å². The largest absolute Gasteiger partial charge is 0.356 e. The van der Waals surface area contributed by atoms with Gasteiger partial charge in [0.1, 0.15) is 0 Å². The zero-order valence-electron chi connectivity index (χ0n) is 13.3. The van der Waals surface area contributed by atoms with Crippen molar-refractivity contribution in [3.8, 4) is 0 Å². The van der Waals surface area contributed by atoms with Gasteiger partial charge in [-0.3, -0.25) is 4.79 Å². The van der Waals surface area contributed by atoms with Gasteiger partial charge in [-0.15, -0.1) is 0 Å². The summed E-state index contributed by atoms with van der Waals surface area (Å²) in [6.45, 7) is 5.18. The summed E-state index contributed by atoms with van der Waals surface area (Å²) < 4.78 is 11.8. The molecule has 1 saturated carbocycles. The first kappa shape index (κ1) is 15.3. The molecule has 1 aliphatic carbocycles. The molecule has 5 nitrogen and oxygen atoms in total. The van der Waals surface area contributed by atoms with Gasteiger partial charge in [0.25, 0.3) is 0 Å². The number of rotatable bonds is 3. The average molecular weight is 296 g/mol. The topological polar surface area (TPSA) is 50.8 Å². The van der Waals surface area contributed by atoms with Crippen LogP contribution in [0.2, 0.25) is 0 Å². The molecule has 0 aromatic rings. The lowest BCUT2D eigenvalue weighted by Gasteiger charge is -2.49. The van der Waals surface area contributed by atoms with E-state index < -0.39 is 0 Å². The fourth-order valence-electron chi connectivity index (χ4n) is 4.33. The molecule has 3 aliphatic rings. The van der Waals surface area contributed by atoms with Crippen molar-refractivity contribution < 1.29 is 14.3 Å². The monoisotopic (exact) mass is 296 g/mol. The number of likely N-dealkylation sites (tertiary alicyclic amines) is 1. The minimum Gasteiger partial charge on any atom is -0.356 e.